The average molecular weight is 463 g/mol. The molecule has 2 unspecified atom stereocenters. The summed E-state index contributed by atoms with van der Waals surface area (Å²) in [6, 6.07) is 0.116. The number of hydrogen-bond acceptors (Lipinski definition) is 4. The fourth-order valence-electron chi connectivity index (χ4n) is 4.25. The number of alkyl halides is 6. The smallest absolute Gasteiger partial charge is 0.341 e. The van der Waals surface area contributed by atoms with Crippen LogP contribution in [-0.2, 0) is 23.9 Å². The van der Waals surface area contributed by atoms with Gasteiger partial charge < -0.3 is 4.90 Å². The molecule has 1 fully saturated rings. The lowest BCUT2D eigenvalue weighted by Gasteiger charge is -2.34. The number of fused-ring (bicyclic) bond motifs is 1. The number of carbonyl (C=O) groups is 1. The van der Waals surface area contributed by atoms with E-state index < -0.39 is 41.6 Å². The number of rotatable bonds is 3. The van der Waals surface area contributed by atoms with Crippen molar-refractivity contribution in [2.75, 3.05) is 13.1 Å². The van der Waals surface area contributed by atoms with Gasteiger partial charge in [-0.2, -0.15) is 31.4 Å². The van der Waals surface area contributed by atoms with Crippen molar-refractivity contribution in [3.8, 4) is 0 Å². The van der Waals surface area contributed by atoms with Gasteiger partial charge in [0.1, 0.15) is 17.6 Å². The summed E-state index contributed by atoms with van der Waals surface area (Å²) < 4.78 is 80.9. The Kier molecular flexibility index (Phi) is 5.53. The van der Waals surface area contributed by atoms with Crippen molar-refractivity contribution in [1.82, 2.24) is 24.2 Å². The minimum Gasteiger partial charge on any atom is -0.341 e. The van der Waals surface area contributed by atoms with Crippen LogP contribution >= 0.6 is 0 Å². The predicted octanol–water partition coefficient (Wildman–Crippen LogP) is 2.80. The van der Waals surface area contributed by atoms with Crippen molar-refractivity contribution in [3.05, 3.63) is 45.9 Å². The van der Waals surface area contributed by atoms with E-state index in [2.05, 4.69) is 10.1 Å². The topological polar surface area (TPSA) is 73.0 Å². The van der Waals surface area contributed by atoms with Crippen LogP contribution in [0.25, 0.3) is 0 Å². The number of aromatic nitrogens is 4. The molecule has 0 saturated carbocycles. The summed E-state index contributed by atoms with van der Waals surface area (Å²) in [7, 11) is 0. The zero-order chi connectivity index (χ0) is 23.3. The van der Waals surface area contributed by atoms with Crippen LogP contribution in [0.3, 0.4) is 0 Å². The Labute approximate surface area is 177 Å². The molecule has 1 saturated heterocycles. The molecule has 4 heterocycles. The number of likely N-dealkylation sites (tertiary alicyclic amines) is 1. The van der Waals surface area contributed by atoms with E-state index in [0.717, 1.165) is 27.6 Å². The summed E-state index contributed by atoms with van der Waals surface area (Å²) in [5.41, 5.74) is -1.81. The van der Waals surface area contributed by atoms with Crippen LogP contribution in [0, 0.1) is 5.92 Å². The highest BCUT2D eigenvalue weighted by Gasteiger charge is 2.52. The normalized spacial score (nSPS) is 21.6. The van der Waals surface area contributed by atoms with Gasteiger partial charge in [-0.05, 0) is 30.9 Å². The van der Waals surface area contributed by atoms with Crippen LogP contribution in [-0.4, -0.2) is 49.4 Å². The molecule has 0 aliphatic carbocycles. The van der Waals surface area contributed by atoms with Crippen molar-refractivity contribution in [3.63, 3.8) is 0 Å². The van der Waals surface area contributed by atoms with Crippen LogP contribution in [0.15, 0.2) is 23.1 Å². The Hall–Kier alpha value is -2.86. The maximum atomic E-state index is 13.7. The summed E-state index contributed by atoms with van der Waals surface area (Å²) in [5, 5.41) is 4.07. The SMILES string of the molecule is O=C(C1C(C(F)(F)F)CCc2nn(Cc3ccc(C(F)(F)F)nc3)c(=O)n21)N1CCCC1. The first-order valence-corrected chi connectivity index (χ1v) is 10.0. The van der Waals surface area contributed by atoms with E-state index >= 15 is 0 Å². The molecule has 1 amide bonds. The number of carbonyl (C=O) groups excluding carboxylic acids is 1. The average Bonchev–Trinajstić information content (AvgIpc) is 3.35. The molecule has 0 radical (unpaired) electrons. The molecule has 0 N–H and O–H groups in total. The molecular weight excluding hydrogens is 444 g/mol. The molecule has 4 rings (SSSR count). The van der Waals surface area contributed by atoms with E-state index in [1.807, 2.05) is 0 Å². The Morgan fingerprint density at radius 3 is 2.34 bits per heavy atom. The summed E-state index contributed by atoms with van der Waals surface area (Å²) in [6.45, 7) is 0.371. The number of aryl methyl sites for hydroxylation is 1. The number of amides is 1. The van der Waals surface area contributed by atoms with Crippen LogP contribution in [0.4, 0.5) is 26.3 Å². The first kappa shape index (κ1) is 22.3. The van der Waals surface area contributed by atoms with Crippen LogP contribution in [0.2, 0.25) is 0 Å². The second kappa shape index (κ2) is 7.93. The monoisotopic (exact) mass is 463 g/mol. The number of hydrogen-bond donors (Lipinski definition) is 0. The predicted molar refractivity (Wildman–Crippen MR) is 97.5 cm³/mol. The van der Waals surface area contributed by atoms with Gasteiger partial charge >= 0.3 is 18.0 Å². The first-order chi connectivity index (χ1) is 15.0. The third-order valence-electron chi connectivity index (χ3n) is 5.82. The molecule has 32 heavy (non-hydrogen) atoms. The van der Waals surface area contributed by atoms with E-state index in [-0.39, 0.29) is 30.8 Å². The Bertz CT molecular complexity index is 1050. The highest BCUT2D eigenvalue weighted by Crippen LogP contribution is 2.41. The van der Waals surface area contributed by atoms with Crippen molar-refractivity contribution < 1.29 is 31.1 Å². The first-order valence-electron chi connectivity index (χ1n) is 10.0. The molecule has 2 aliphatic rings. The third kappa shape index (κ3) is 4.11. The quantitative estimate of drug-likeness (QED) is 0.657. The van der Waals surface area contributed by atoms with Crippen LogP contribution in [0.1, 0.15) is 42.4 Å². The number of nitrogens with zero attached hydrogens (tertiary/aromatic N) is 5. The third-order valence-corrected chi connectivity index (χ3v) is 5.82. The maximum absolute atomic E-state index is 13.7. The highest BCUT2D eigenvalue weighted by atomic mass is 19.4. The molecule has 0 aromatic carbocycles. The van der Waals surface area contributed by atoms with Gasteiger partial charge in [-0.3, -0.25) is 14.3 Å². The van der Waals surface area contributed by atoms with E-state index in [0.29, 0.717) is 25.9 Å². The van der Waals surface area contributed by atoms with Gasteiger partial charge in [0.15, 0.2) is 0 Å². The van der Waals surface area contributed by atoms with Crippen molar-refractivity contribution in [2.45, 2.75) is 50.6 Å². The molecule has 0 spiro atoms. The Morgan fingerprint density at radius 1 is 1.09 bits per heavy atom. The Morgan fingerprint density at radius 2 is 1.78 bits per heavy atom. The second-order valence-electron chi connectivity index (χ2n) is 7.94. The lowest BCUT2D eigenvalue weighted by Crippen LogP contribution is -2.49. The van der Waals surface area contributed by atoms with Crippen molar-refractivity contribution >= 4 is 5.91 Å². The maximum Gasteiger partial charge on any atom is 0.433 e. The molecule has 7 nitrogen and oxygen atoms in total. The number of halogens is 6. The summed E-state index contributed by atoms with van der Waals surface area (Å²) in [5.74, 6) is -2.73. The largest absolute Gasteiger partial charge is 0.433 e. The van der Waals surface area contributed by atoms with Gasteiger partial charge in [-0.25, -0.2) is 9.48 Å². The zero-order valence-corrected chi connectivity index (χ0v) is 16.7. The fraction of sp³-hybridized carbons (Fsp3) is 0.579. The van der Waals surface area contributed by atoms with Gasteiger partial charge in [-0.1, -0.05) is 6.07 Å². The van der Waals surface area contributed by atoms with Gasteiger partial charge in [0.05, 0.1) is 12.5 Å². The lowest BCUT2D eigenvalue weighted by atomic mass is 9.89. The molecule has 2 atom stereocenters. The highest BCUT2D eigenvalue weighted by molar-refractivity contribution is 5.81. The zero-order valence-electron chi connectivity index (χ0n) is 16.7. The minimum absolute atomic E-state index is 0.0490. The Balaban J connectivity index is 1.68. The van der Waals surface area contributed by atoms with Crippen LogP contribution < -0.4 is 5.69 Å². The molecule has 0 bridgehead atoms. The van der Waals surface area contributed by atoms with E-state index in [9.17, 15) is 35.9 Å². The minimum atomic E-state index is -4.68. The number of pyridine rings is 1. The molecule has 174 valence electrons. The molecule has 2 aromatic heterocycles. The van der Waals surface area contributed by atoms with E-state index in [1.54, 1.807) is 0 Å². The summed E-state index contributed by atoms with van der Waals surface area (Å²) in [6.07, 6.45) is -7.56. The van der Waals surface area contributed by atoms with Crippen molar-refractivity contribution in [2.24, 2.45) is 5.92 Å². The van der Waals surface area contributed by atoms with Gasteiger partial charge in [0.25, 0.3) is 0 Å². The molecule has 2 aliphatic heterocycles. The lowest BCUT2D eigenvalue weighted by molar-refractivity contribution is -0.196. The van der Waals surface area contributed by atoms with Gasteiger partial charge in [-0.15, -0.1) is 0 Å². The van der Waals surface area contributed by atoms with Crippen molar-refractivity contribution in [1.29, 1.82) is 0 Å². The summed E-state index contributed by atoms with van der Waals surface area (Å²) in [4.78, 5) is 30.6. The van der Waals surface area contributed by atoms with Crippen LogP contribution in [0.5, 0.6) is 0 Å². The van der Waals surface area contributed by atoms with Gasteiger partial charge in [0, 0.05) is 25.7 Å². The molecule has 13 heteroatoms. The van der Waals surface area contributed by atoms with E-state index in [1.165, 1.54) is 4.90 Å². The second-order valence-corrected chi connectivity index (χ2v) is 7.94. The fourth-order valence-corrected chi connectivity index (χ4v) is 4.25. The van der Waals surface area contributed by atoms with Gasteiger partial charge in [0.2, 0.25) is 5.91 Å². The summed E-state index contributed by atoms with van der Waals surface area (Å²) >= 11 is 0. The molecule has 2 aromatic rings. The van der Waals surface area contributed by atoms with E-state index in [4.69, 9.17) is 0 Å². The molecular formula is C19H19F6N5O2. The standard InChI is InChI=1S/C19H19F6N5O2/c20-18(21,22)12-4-6-14-27-29(10-11-3-5-13(26-9-11)19(23,24)25)17(32)30(14)15(12)16(31)28-7-1-2-8-28/h3,5,9,12,15H,1-2,4,6-8,10H2.